The molecule has 0 radical (unpaired) electrons. The van der Waals surface area contributed by atoms with Crippen molar-refractivity contribution >= 4 is 17.4 Å². The Morgan fingerprint density at radius 1 is 1.46 bits per heavy atom. The summed E-state index contributed by atoms with van der Waals surface area (Å²) in [5, 5.41) is 1.71. The molecule has 1 aliphatic rings. The van der Waals surface area contributed by atoms with Gasteiger partial charge in [0.25, 0.3) is 0 Å². The largest absolute Gasteiger partial charge is 0.384 e. The number of carbonyl (C=O) groups is 1. The van der Waals surface area contributed by atoms with Crippen molar-refractivity contribution in [3.05, 3.63) is 11.9 Å². The summed E-state index contributed by atoms with van der Waals surface area (Å²) >= 11 is 4.52. The molecular formula is C7H9ClF2N2O. The normalized spacial score (nSPS) is 17.3. The Morgan fingerprint density at radius 3 is 2.46 bits per heavy atom. The molecule has 0 amide bonds. The number of allylic oxidation sites excluding steroid dienone is 1. The zero-order valence-corrected chi connectivity index (χ0v) is 7.50. The summed E-state index contributed by atoms with van der Waals surface area (Å²) in [5.74, 6) is -1.11. The summed E-state index contributed by atoms with van der Waals surface area (Å²) in [4.78, 5) is 10.7. The van der Waals surface area contributed by atoms with E-state index in [1.165, 1.54) is 0 Å². The third-order valence-electron chi connectivity index (χ3n) is 1.54. The number of alkyl halides is 3. The molecule has 0 aliphatic carbocycles. The molecule has 0 saturated carbocycles. The van der Waals surface area contributed by atoms with Gasteiger partial charge in [-0.25, -0.2) is 0 Å². The van der Waals surface area contributed by atoms with Crippen molar-refractivity contribution in [2.45, 2.75) is 11.8 Å². The maximum absolute atomic E-state index is 12.2. The number of nitrogens with one attached hydrogen (secondary N) is 2. The third kappa shape index (κ3) is 3.18. The minimum absolute atomic E-state index is 0.302. The molecule has 0 bridgehead atoms. The number of carbonyl (C=O) groups excluding carboxylic acids is 1. The molecule has 1 aliphatic heterocycles. The van der Waals surface area contributed by atoms with Gasteiger partial charge in [0.2, 0.25) is 5.78 Å². The molecular weight excluding hydrogens is 202 g/mol. The summed E-state index contributed by atoms with van der Waals surface area (Å²) < 4.78 is 24.4. The van der Waals surface area contributed by atoms with Crippen LogP contribution in [0.3, 0.4) is 0 Å². The third-order valence-corrected chi connectivity index (χ3v) is 1.73. The first-order valence-corrected chi connectivity index (χ1v) is 4.18. The Balaban J connectivity index is 2.59. The van der Waals surface area contributed by atoms with Gasteiger partial charge in [0.1, 0.15) is 5.82 Å². The fourth-order valence-electron chi connectivity index (χ4n) is 0.912. The van der Waals surface area contributed by atoms with Crippen LogP contribution in [0, 0.1) is 0 Å². The first-order chi connectivity index (χ1) is 6.00. The molecule has 1 rings (SSSR count). The second-order valence-corrected chi connectivity index (χ2v) is 3.10. The quantitative estimate of drug-likeness (QED) is 0.524. The van der Waals surface area contributed by atoms with Crippen molar-refractivity contribution in [1.82, 2.24) is 10.6 Å². The minimum atomic E-state index is -3.81. The standard InChI is InChI=1S/C7H9ClF2N2O/c8-7(9,10)5(13)4-6-11-2-1-3-12-6/h4,11-12H,1-3H2. The van der Waals surface area contributed by atoms with Crippen LogP contribution in [0.2, 0.25) is 0 Å². The molecule has 0 aromatic carbocycles. The number of halogens is 3. The average molecular weight is 211 g/mol. The first-order valence-electron chi connectivity index (χ1n) is 3.81. The number of rotatable bonds is 2. The van der Waals surface area contributed by atoms with Gasteiger partial charge >= 0.3 is 5.38 Å². The maximum atomic E-state index is 12.2. The van der Waals surface area contributed by atoms with Crippen molar-refractivity contribution in [2.75, 3.05) is 13.1 Å². The minimum Gasteiger partial charge on any atom is -0.372 e. The Morgan fingerprint density at radius 2 is 2.00 bits per heavy atom. The van der Waals surface area contributed by atoms with Crippen LogP contribution < -0.4 is 10.6 Å². The zero-order chi connectivity index (χ0) is 9.90. The van der Waals surface area contributed by atoms with Crippen LogP contribution in [0.15, 0.2) is 11.9 Å². The Bertz CT molecular complexity index is 229. The summed E-state index contributed by atoms with van der Waals surface area (Å²) in [6.45, 7) is 1.33. The van der Waals surface area contributed by atoms with E-state index in [1.807, 2.05) is 0 Å². The molecule has 0 atom stereocenters. The van der Waals surface area contributed by atoms with Gasteiger partial charge in [-0.1, -0.05) is 0 Å². The van der Waals surface area contributed by atoms with Gasteiger partial charge in [-0.15, -0.1) is 0 Å². The number of hydrogen-bond acceptors (Lipinski definition) is 3. The van der Waals surface area contributed by atoms with Crippen LogP contribution in [0.5, 0.6) is 0 Å². The van der Waals surface area contributed by atoms with Crippen molar-refractivity contribution < 1.29 is 13.6 Å². The average Bonchev–Trinajstić information content (AvgIpc) is 2.04. The Labute approximate surface area is 79.1 Å². The fourth-order valence-corrected chi connectivity index (χ4v) is 0.967. The highest BCUT2D eigenvalue weighted by atomic mass is 35.5. The number of ketones is 1. The molecule has 1 saturated heterocycles. The van der Waals surface area contributed by atoms with E-state index in [9.17, 15) is 13.6 Å². The van der Waals surface area contributed by atoms with Crippen molar-refractivity contribution in [1.29, 1.82) is 0 Å². The SMILES string of the molecule is O=C(C=C1NCCCN1)C(F)(F)Cl. The lowest BCUT2D eigenvalue weighted by molar-refractivity contribution is -0.128. The van der Waals surface area contributed by atoms with E-state index in [1.54, 1.807) is 0 Å². The molecule has 0 spiro atoms. The van der Waals surface area contributed by atoms with Crippen LogP contribution >= 0.6 is 11.6 Å². The Hall–Kier alpha value is -0.840. The predicted molar refractivity (Wildman–Crippen MR) is 44.5 cm³/mol. The molecule has 0 aromatic rings. The molecule has 74 valence electrons. The topological polar surface area (TPSA) is 41.1 Å². The van der Waals surface area contributed by atoms with Gasteiger partial charge in [0.15, 0.2) is 0 Å². The molecule has 3 nitrogen and oxygen atoms in total. The molecule has 1 heterocycles. The van der Waals surface area contributed by atoms with Gasteiger partial charge < -0.3 is 10.6 Å². The summed E-state index contributed by atoms with van der Waals surface area (Å²) in [7, 11) is 0. The van der Waals surface area contributed by atoms with Crippen LogP contribution in [-0.2, 0) is 4.79 Å². The van der Waals surface area contributed by atoms with Gasteiger partial charge in [-0.05, 0) is 18.0 Å². The zero-order valence-electron chi connectivity index (χ0n) is 6.74. The van der Waals surface area contributed by atoms with E-state index in [2.05, 4.69) is 22.2 Å². The lowest BCUT2D eigenvalue weighted by Crippen LogP contribution is -2.36. The molecule has 0 aromatic heterocycles. The van der Waals surface area contributed by atoms with Crippen molar-refractivity contribution in [2.24, 2.45) is 0 Å². The van der Waals surface area contributed by atoms with E-state index in [0.717, 1.165) is 12.5 Å². The van der Waals surface area contributed by atoms with E-state index in [0.29, 0.717) is 18.9 Å². The molecule has 1 fully saturated rings. The highest BCUT2D eigenvalue weighted by Crippen LogP contribution is 2.20. The highest BCUT2D eigenvalue weighted by Gasteiger charge is 2.34. The summed E-state index contributed by atoms with van der Waals surface area (Å²) in [6, 6.07) is 0. The molecule has 6 heteroatoms. The lowest BCUT2D eigenvalue weighted by atomic mass is 10.3. The monoisotopic (exact) mass is 210 g/mol. The Kier molecular flexibility index (Phi) is 3.08. The smallest absolute Gasteiger partial charge is 0.372 e. The van der Waals surface area contributed by atoms with Crippen LogP contribution in [0.4, 0.5) is 8.78 Å². The molecule has 2 N–H and O–H groups in total. The van der Waals surface area contributed by atoms with Crippen LogP contribution in [0.1, 0.15) is 6.42 Å². The van der Waals surface area contributed by atoms with E-state index < -0.39 is 11.2 Å². The van der Waals surface area contributed by atoms with Gasteiger partial charge in [0.05, 0.1) is 0 Å². The fraction of sp³-hybridized carbons (Fsp3) is 0.571. The molecule has 0 unspecified atom stereocenters. The van der Waals surface area contributed by atoms with Gasteiger partial charge in [-0.3, -0.25) is 4.79 Å². The first kappa shape index (κ1) is 10.2. The number of hydrogen-bond donors (Lipinski definition) is 2. The van der Waals surface area contributed by atoms with E-state index in [-0.39, 0.29) is 0 Å². The lowest BCUT2D eigenvalue weighted by Gasteiger charge is -2.18. The van der Waals surface area contributed by atoms with Crippen molar-refractivity contribution in [3.8, 4) is 0 Å². The van der Waals surface area contributed by atoms with E-state index in [4.69, 9.17) is 0 Å². The summed E-state index contributed by atoms with van der Waals surface area (Å²) in [6.07, 6.45) is 1.68. The molecule has 13 heavy (non-hydrogen) atoms. The van der Waals surface area contributed by atoms with Gasteiger partial charge in [-0.2, -0.15) is 8.78 Å². The highest BCUT2D eigenvalue weighted by molar-refractivity contribution is 6.34. The second kappa shape index (κ2) is 3.91. The predicted octanol–water partition coefficient (Wildman–Crippen LogP) is 0.811. The van der Waals surface area contributed by atoms with E-state index >= 15 is 0 Å². The maximum Gasteiger partial charge on any atom is 0.384 e. The van der Waals surface area contributed by atoms with Crippen molar-refractivity contribution in [3.63, 3.8) is 0 Å². The van der Waals surface area contributed by atoms with Gasteiger partial charge in [0, 0.05) is 19.2 Å². The van der Waals surface area contributed by atoms with Crippen LogP contribution in [0.25, 0.3) is 0 Å². The van der Waals surface area contributed by atoms with Crippen LogP contribution in [-0.4, -0.2) is 24.3 Å². The second-order valence-electron chi connectivity index (χ2n) is 2.63. The summed E-state index contributed by atoms with van der Waals surface area (Å²) in [5.41, 5.74) is 0.